The monoisotopic (exact) mass is 369 g/mol. The molecule has 0 bridgehead atoms. The van der Waals surface area contributed by atoms with Gasteiger partial charge in [0.05, 0.1) is 20.3 Å². The maximum Gasteiger partial charge on any atom is 0.124 e. The topological polar surface area (TPSA) is 30.5 Å². The summed E-state index contributed by atoms with van der Waals surface area (Å²) in [4.78, 5) is 0. The zero-order valence-corrected chi connectivity index (χ0v) is 14.5. The van der Waals surface area contributed by atoms with Crippen molar-refractivity contribution in [2.75, 3.05) is 21.3 Å². The standard InChI is InChI=1S/C16H17BrClNO2/c1-19-16(12-6-5-11(20-2)9-14(12)17)13-8-10(18)4-7-15(13)21-3/h4-9,16,19H,1-3H3. The highest BCUT2D eigenvalue weighted by Crippen LogP contribution is 2.36. The molecule has 0 fully saturated rings. The molecule has 3 nitrogen and oxygen atoms in total. The van der Waals surface area contributed by atoms with E-state index in [-0.39, 0.29) is 6.04 Å². The quantitative estimate of drug-likeness (QED) is 0.844. The van der Waals surface area contributed by atoms with Gasteiger partial charge in [-0.15, -0.1) is 0 Å². The van der Waals surface area contributed by atoms with Gasteiger partial charge in [0.15, 0.2) is 0 Å². The van der Waals surface area contributed by atoms with Crippen LogP contribution in [0.4, 0.5) is 0 Å². The number of benzene rings is 2. The number of hydrogen-bond donors (Lipinski definition) is 1. The van der Waals surface area contributed by atoms with Gasteiger partial charge < -0.3 is 14.8 Å². The van der Waals surface area contributed by atoms with E-state index in [4.69, 9.17) is 21.1 Å². The molecule has 2 rings (SSSR count). The second kappa shape index (κ2) is 7.16. The zero-order chi connectivity index (χ0) is 15.4. The number of ether oxygens (including phenoxy) is 2. The predicted octanol–water partition coefficient (Wildman–Crippen LogP) is 4.43. The molecule has 2 aromatic carbocycles. The third kappa shape index (κ3) is 3.51. The molecule has 0 aliphatic carbocycles. The van der Waals surface area contributed by atoms with E-state index in [0.29, 0.717) is 5.02 Å². The van der Waals surface area contributed by atoms with Crippen molar-refractivity contribution in [3.8, 4) is 11.5 Å². The van der Waals surface area contributed by atoms with Crippen LogP contribution in [0.1, 0.15) is 17.2 Å². The van der Waals surface area contributed by atoms with Crippen molar-refractivity contribution in [2.24, 2.45) is 0 Å². The average molecular weight is 371 g/mol. The van der Waals surface area contributed by atoms with Gasteiger partial charge in [0.2, 0.25) is 0 Å². The van der Waals surface area contributed by atoms with Gasteiger partial charge in [0.25, 0.3) is 0 Å². The molecular formula is C16H17BrClNO2. The Morgan fingerprint density at radius 3 is 2.38 bits per heavy atom. The Balaban J connectivity index is 2.51. The van der Waals surface area contributed by atoms with Crippen molar-refractivity contribution >= 4 is 27.5 Å². The van der Waals surface area contributed by atoms with Crippen molar-refractivity contribution in [1.29, 1.82) is 0 Å². The van der Waals surface area contributed by atoms with E-state index in [1.54, 1.807) is 14.2 Å². The van der Waals surface area contributed by atoms with Gasteiger partial charge in [-0.2, -0.15) is 0 Å². The molecule has 0 aliphatic heterocycles. The molecule has 0 aliphatic rings. The predicted molar refractivity (Wildman–Crippen MR) is 89.6 cm³/mol. The van der Waals surface area contributed by atoms with Crippen LogP contribution in [0, 0.1) is 0 Å². The first-order valence-corrected chi connectivity index (χ1v) is 7.62. The van der Waals surface area contributed by atoms with E-state index in [2.05, 4.69) is 21.2 Å². The van der Waals surface area contributed by atoms with Gasteiger partial charge in [-0.25, -0.2) is 0 Å². The summed E-state index contributed by atoms with van der Waals surface area (Å²) in [7, 11) is 5.21. The van der Waals surface area contributed by atoms with Crippen LogP contribution < -0.4 is 14.8 Å². The van der Waals surface area contributed by atoms with Gasteiger partial charge in [-0.3, -0.25) is 0 Å². The molecule has 0 saturated heterocycles. The van der Waals surface area contributed by atoms with Gasteiger partial charge in [-0.1, -0.05) is 33.6 Å². The van der Waals surface area contributed by atoms with Crippen LogP contribution in [0.3, 0.4) is 0 Å². The first kappa shape index (κ1) is 16.1. The minimum atomic E-state index is -0.0427. The molecule has 1 unspecified atom stereocenters. The SMILES string of the molecule is CNC(c1ccc(OC)cc1Br)c1cc(Cl)ccc1OC. The third-order valence-electron chi connectivity index (χ3n) is 3.31. The second-order valence-electron chi connectivity index (χ2n) is 4.50. The molecule has 2 aromatic rings. The largest absolute Gasteiger partial charge is 0.497 e. The van der Waals surface area contributed by atoms with Gasteiger partial charge in [0.1, 0.15) is 11.5 Å². The Morgan fingerprint density at radius 1 is 1.05 bits per heavy atom. The Morgan fingerprint density at radius 2 is 1.81 bits per heavy atom. The number of rotatable bonds is 5. The number of nitrogens with one attached hydrogen (secondary N) is 1. The first-order chi connectivity index (χ1) is 10.1. The summed E-state index contributed by atoms with van der Waals surface area (Å²) >= 11 is 9.73. The number of methoxy groups -OCH3 is 2. The van der Waals surface area contributed by atoms with E-state index in [1.807, 2.05) is 43.4 Å². The van der Waals surface area contributed by atoms with Gasteiger partial charge in [-0.05, 0) is 42.9 Å². The number of hydrogen-bond acceptors (Lipinski definition) is 3. The van der Waals surface area contributed by atoms with Crippen LogP contribution >= 0.6 is 27.5 Å². The van der Waals surface area contributed by atoms with Crippen molar-refractivity contribution in [3.05, 3.63) is 57.0 Å². The van der Waals surface area contributed by atoms with E-state index < -0.39 is 0 Å². The lowest BCUT2D eigenvalue weighted by Crippen LogP contribution is -2.19. The number of halogens is 2. The Hall–Kier alpha value is -1.23. The van der Waals surface area contributed by atoms with Crippen molar-refractivity contribution in [2.45, 2.75) is 6.04 Å². The lowest BCUT2D eigenvalue weighted by Gasteiger charge is -2.21. The summed E-state index contributed by atoms with van der Waals surface area (Å²) in [6.07, 6.45) is 0. The first-order valence-electron chi connectivity index (χ1n) is 6.44. The van der Waals surface area contributed by atoms with E-state index >= 15 is 0 Å². The maximum atomic E-state index is 6.13. The molecule has 0 aromatic heterocycles. The van der Waals surface area contributed by atoms with Crippen LogP contribution in [0.2, 0.25) is 5.02 Å². The molecule has 5 heteroatoms. The summed E-state index contributed by atoms with van der Waals surface area (Å²) in [5.41, 5.74) is 2.07. The van der Waals surface area contributed by atoms with Crippen LogP contribution in [0.25, 0.3) is 0 Å². The summed E-state index contributed by atoms with van der Waals surface area (Å²) in [5.74, 6) is 1.60. The molecule has 1 N–H and O–H groups in total. The molecule has 0 spiro atoms. The fourth-order valence-electron chi connectivity index (χ4n) is 2.28. The molecule has 1 atom stereocenters. The third-order valence-corrected chi connectivity index (χ3v) is 4.23. The van der Waals surface area contributed by atoms with E-state index in [9.17, 15) is 0 Å². The second-order valence-corrected chi connectivity index (χ2v) is 5.79. The highest BCUT2D eigenvalue weighted by molar-refractivity contribution is 9.10. The molecule has 112 valence electrons. The van der Waals surface area contributed by atoms with Crippen molar-refractivity contribution in [1.82, 2.24) is 5.32 Å². The average Bonchev–Trinajstić information content (AvgIpc) is 2.49. The molecule has 21 heavy (non-hydrogen) atoms. The normalized spacial score (nSPS) is 12.0. The van der Waals surface area contributed by atoms with Gasteiger partial charge in [0, 0.05) is 15.1 Å². The molecular weight excluding hydrogens is 354 g/mol. The Kier molecular flexibility index (Phi) is 5.51. The summed E-state index contributed by atoms with van der Waals surface area (Å²) in [6.45, 7) is 0. The van der Waals surface area contributed by atoms with Crippen LogP contribution in [-0.2, 0) is 0 Å². The fourth-order valence-corrected chi connectivity index (χ4v) is 3.05. The van der Waals surface area contributed by atoms with Crippen LogP contribution in [0.15, 0.2) is 40.9 Å². The van der Waals surface area contributed by atoms with Crippen molar-refractivity contribution < 1.29 is 9.47 Å². The molecule has 0 amide bonds. The summed E-state index contributed by atoms with van der Waals surface area (Å²) in [5, 5.41) is 3.98. The fraction of sp³-hybridized carbons (Fsp3) is 0.250. The molecule has 0 saturated carbocycles. The van der Waals surface area contributed by atoms with Crippen molar-refractivity contribution in [3.63, 3.8) is 0 Å². The van der Waals surface area contributed by atoms with E-state index in [1.165, 1.54) is 0 Å². The maximum absolute atomic E-state index is 6.13. The smallest absolute Gasteiger partial charge is 0.124 e. The minimum absolute atomic E-state index is 0.0427. The van der Waals surface area contributed by atoms with Crippen LogP contribution in [-0.4, -0.2) is 21.3 Å². The van der Waals surface area contributed by atoms with Crippen LogP contribution in [0.5, 0.6) is 11.5 Å². The lowest BCUT2D eigenvalue weighted by molar-refractivity contribution is 0.405. The molecule has 0 heterocycles. The molecule has 0 radical (unpaired) electrons. The van der Waals surface area contributed by atoms with Gasteiger partial charge >= 0.3 is 0 Å². The lowest BCUT2D eigenvalue weighted by atomic mass is 9.98. The highest BCUT2D eigenvalue weighted by atomic mass is 79.9. The Bertz CT molecular complexity index is 634. The minimum Gasteiger partial charge on any atom is -0.497 e. The summed E-state index contributed by atoms with van der Waals surface area (Å²) < 4.78 is 11.6. The zero-order valence-electron chi connectivity index (χ0n) is 12.1. The van der Waals surface area contributed by atoms with E-state index in [0.717, 1.165) is 27.1 Å². The Labute approximate surface area is 138 Å². The highest BCUT2D eigenvalue weighted by Gasteiger charge is 2.19. The summed E-state index contributed by atoms with van der Waals surface area (Å²) in [6, 6.07) is 11.5.